The van der Waals surface area contributed by atoms with Crippen molar-refractivity contribution in [1.29, 1.82) is 0 Å². The lowest BCUT2D eigenvalue weighted by molar-refractivity contribution is 0.548. The molecule has 8 heteroatoms. The number of aromatic nitrogens is 7. The minimum absolute atomic E-state index is 0.381. The van der Waals surface area contributed by atoms with Crippen LogP contribution in [0.4, 0.5) is 0 Å². The number of rotatable bonds is 10. The van der Waals surface area contributed by atoms with Gasteiger partial charge >= 0.3 is 0 Å². The molecule has 4 rings (SSSR count). The molecule has 1 atom stereocenters. The highest BCUT2D eigenvalue weighted by Crippen LogP contribution is 2.30. The highest BCUT2D eigenvalue weighted by atomic mass is 32.1. The van der Waals surface area contributed by atoms with E-state index in [4.69, 9.17) is 4.98 Å². The van der Waals surface area contributed by atoms with Crippen molar-refractivity contribution in [3.05, 3.63) is 65.7 Å². The third-order valence-electron chi connectivity index (χ3n) is 5.45. The van der Waals surface area contributed by atoms with Gasteiger partial charge in [-0.05, 0) is 40.5 Å². The zero-order valence-electron chi connectivity index (χ0n) is 17.6. The Hall–Kier alpha value is -3.00. The smallest absolute Gasteiger partial charge is 0.205 e. The maximum Gasteiger partial charge on any atom is 0.205 e. The zero-order valence-corrected chi connectivity index (χ0v) is 18.5. The first-order valence-electron chi connectivity index (χ1n) is 10.7. The average molecular weight is 434 g/mol. The lowest BCUT2D eigenvalue weighted by atomic mass is 9.97. The molecule has 0 aliphatic rings. The highest BCUT2D eigenvalue weighted by molar-refractivity contribution is 7.80. The molecule has 0 saturated carbocycles. The molecule has 31 heavy (non-hydrogen) atoms. The van der Waals surface area contributed by atoms with Gasteiger partial charge in [0.05, 0.1) is 0 Å². The molecular formula is C23H27N7S. The van der Waals surface area contributed by atoms with Crippen LogP contribution in [0.15, 0.2) is 48.5 Å². The molecule has 0 amide bonds. The van der Waals surface area contributed by atoms with Crippen molar-refractivity contribution in [2.45, 2.75) is 44.9 Å². The van der Waals surface area contributed by atoms with Crippen LogP contribution in [0.5, 0.6) is 0 Å². The Labute approximate surface area is 187 Å². The van der Waals surface area contributed by atoms with Gasteiger partial charge in [-0.25, -0.2) is 4.98 Å². The predicted octanol–water partition coefficient (Wildman–Crippen LogP) is 4.84. The number of benzene rings is 2. The van der Waals surface area contributed by atoms with Crippen molar-refractivity contribution in [3.8, 4) is 22.5 Å². The zero-order chi connectivity index (χ0) is 21.5. The van der Waals surface area contributed by atoms with Crippen LogP contribution in [0.25, 0.3) is 22.5 Å². The highest BCUT2D eigenvalue weighted by Gasteiger charge is 2.16. The number of thiol groups is 1. The van der Waals surface area contributed by atoms with E-state index in [1.165, 1.54) is 18.4 Å². The van der Waals surface area contributed by atoms with Crippen molar-refractivity contribution in [2.24, 2.45) is 0 Å². The fraction of sp³-hybridized carbons (Fsp3) is 0.348. The van der Waals surface area contributed by atoms with Gasteiger partial charge in [-0.2, -0.15) is 22.9 Å². The minimum Gasteiger partial charge on any atom is -0.263 e. The maximum absolute atomic E-state index is 4.78. The Morgan fingerprint density at radius 2 is 1.77 bits per heavy atom. The van der Waals surface area contributed by atoms with Crippen LogP contribution in [0.1, 0.15) is 55.7 Å². The first kappa shape index (κ1) is 21.2. The summed E-state index contributed by atoms with van der Waals surface area (Å²) in [5, 5.41) is 22.1. The van der Waals surface area contributed by atoms with E-state index < -0.39 is 0 Å². The molecule has 0 saturated heterocycles. The first-order chi connectivity index (χ1) is 15.3. The fourth-order valence-electron chi connectivity index (χ4n) is 3.78. The SMILES string of the molecule is CCCCC(CCS)c1n[nH]c(Cc2ccc(-c3ccccc3-c3nn[nH]n3)cc2)n1. The number of H-pyrrole nitrogens is 2. The molecule has 0 bridgehead atoms. The Bertz CT molecular complexity index is 1070. The van der Waals surface area contributed by atoms with Crippen LogP contribution >= 0.6 is 12.6 Å². The largest absolute Gasteiger partial charge is 0.263 e. The number of hydrogen-bond donors (Lipinski definition) is 3. The third kappa shape index (κ3) is 5.19. The van der Waals surface area contributed by atoms with Gasteiger partial charge in [-0.1, -0.05) is 68.3 Å². The number of nitrogens with zero attached hydrogens (tertiary/aromatic N) is 5. The molecule has 2 heterocycles. The van der Waals surface area contributed by atoms with Crippen LogP contribution in [0.3, 0.4) is 0 Å². The molecule has 0 aliphatic carbocycles. The van der Waals surface area contributed by atoms with E-state index in [9.17, 15) is 0 Å². The Morgan fingerprint density at radius 3 is 2.48 bits per heavy atom. The monoisotopic (exact) mass is 433 g/mol. The molecular weight excluding hydrogens is 406 g/mol. The Balaban J connectivity index is 1.49. The normalized spacial score (nSPS) is 12.2. The summed E-state index contributed by atoms with van der Waals surface area (Å²) in [4.78, 5) is 4.78. The standard InChI is InChI=1S/C23H27N7S/c1-2-3-6-18(13-14-31)22-24-21(25-26-22)15-16-9-11-17(12-10-16)19-7-4-5-8-20(19)23-27-29-30-28-23/h4-5,7-12,18,31H,2-3,6,13-15H2,1H3,(H,24,25,26)(H,27,28,29,30). The maximum atomic E-state index is 4.78. The molecule has 0 radical (unpaired) electrons. The summed E-state index contributed by atoms with van der Waals surface area (Å²) in [6.07, 6.45) is 5.22. The molecule has 2 N–H and O–H groups in total. The summed E-state index contributed by atoms with van der Waals surface area (Å²) in [5.41, 5.74) is 4.31. The first-order valence-corrected chi connectivity index (χ1v) is 11.4. The van der Waals surface area contributed by atoms with E-state index in [0.29, 0.717) is 11.7 Å². The molecule has 7 nitrogen and oxygen atoms in total. The molecule has 0 fully saturated rings. The Morgan fingerprint density at radius 1 is 0.968 bits per heavy atom. The van der Waals surface area contributed by atoms with Gasteiger partial charge in [0.15, 0.2) is 5.82 Å². The number of nitrogens with one attached hydrogen (secondary N) is 2. The van der Waals surface area contributed by atoms with Gasteiger partial charge in [0, 0.05) is 17.9 Å². The van der Waals surface area contributed by atoms with Crippen molar-refractivity contribution in [1.82, 2.24) is 35.8 Å². The van der Waals surface area contributed by atoms with Crippen LogP contribution in [0, 0.1) is 0 Å². The minimum atomic E-state index is 0.381. The fourth-order valence-corrected chi connectivity index (χ4v) is 4.09. The average Bonchev–Trinajstić information content (AvgIpc) is 3.50. The lowest BCUT2D eigenvalue weighted by Gasteiger charge is -2.11. The van der Waals surface area contributed by atoms with E-state index in [-0.39, 0.29) is 0 Å². The van der Waals surface area contributed by atoms with Crippen LogP contribution < -0.4 is 0 Å². The molecule has 0 spiro atoms. The third-order valence-corrected chi connectivity index (χ3v) is 5.71. The molecule has 4 aromatic rings. The van der Waals surface area contributed by atoms with Gasteiger partial charge in [-0.3, -0.25) is 5.10 Å². The second-order valence-electron chi connectivity index (χ2n) is 7.65. The summed E-state index contributed by atoms with van der Waals surface area (Å²) in [6.45, 7) is 2.21. The van der Waals surface area contributed by atoms with Crippen molar-refractivity contribution < 1.29 is 0 Å². The van der Waals surface area contributed by atoms with E-state index >= 15 is 0 Å². The van der Waals surface area contributed by atoms with Crippen molar-refractivity contribution in [2.75, 3.05) is 5.75 Å². The van der Waals surface area contributed by atoms with E-state index in [0.717, 1.165) is 53.4 Å². The van der Waals surface area contributed by atoms with E-state index in [1.54, 1.807) is 0 Å². The van der Waals surface area contributed by atoms with Crippen molar-refractivity contribution in [3.63, 3.8) is 0 Å². The number of hydrogen-bond acceptors (Lipinski definition) is 6. The Kier molecular flexibility index (Phi) is 7.09. The van der Waals surface area contributed by atoms with Gasteiger partial charge < -0.3 is 0 Å². The molecule has 2 aromatic carbocycles. The summed E-state index contributed by atoms with van der Waals surface area (Å²) >= 11 is 4.41. The van der Waals surface area contributed by atoms with E-state index in [1.807, 2.05) is 18.2 Å². The van der Waals surface area contributed by atoms with Gasteiger partial charge in [0.2, 0.25) is 5.82 Å². The topological polar surface area (TPSA) is 96.0 Å². The van der Waals surface area contributed by atoms with Gasteiger partial charge in [0.1, 0.15) is 5.82 Å². The second-order valence-corrected chi connectivity index (χ2v) is 8.09. The molecule has 2 aromatic heterocycles. The number of tetrazole rings is 1. The van der Waals surface area contributed by atoms with Crippen molar-refractivity contribution >= 4 is 12.6 Å². The summed E-state index contributed by atoms with van der Waals surface area (Å²) in [6, 6.07) is 16.6. The molecule has 1 unspecified atom stereocenters. The molecule has 0 aliphatic heterocycles. The van der Waals surface area contributed by atoms with Crippen LogP contribution in [0.2, 0.25) is 0 Å². The quantitative estimate of drug-likeness (QED) is 0.311. The number of aromatic amines is 2. The van der Waals surface area contributed by atoms with E-state index in [2.05, 4.69) is 80.7 Å². The van der Waals surface area contributed by atoms with Crippen LogP contribution in [-0.4, -0.2) is 41.6 Å². The van der Waals surface area contributed by atoms with Crippen LogP contribution in [-0.2, 0) is 6.42 Å². The second kappa shape index (κ2) is 10.3. The summed E-state index contributed by atoms with van der Waals surface area (Å²) in [7, 11) is 0. The number of unbranched alkanes of at least 4 members (excludes halogenated alkanes) is 1. The summed E-state index contributed by atoms with van der Waals surface area (Å²) < 4.78 is 0. The predicted molar refractivity (Wildman–Crippen MR) is 125 cm³/mol. The summed E-state index contributed by atoms with van der Waals surface area (Å²) in [5.74, 6) is 3.64. The van der Waals surface area contributed by atoms with Gasteiger partial charge in [-0.15, -0.1) is 10.2 Å². The lowest BCUT2D eigenvalue weighted by Crippen LogP contribution is -2.03. The molecule has 160 valence electrons. The van der Waals surface area contributed by atoms with Gasteiger partial charge in [0.25, 0.3) is 0 Å².